The molecule has 2 aromatic carbocycles. The number of nitrogens with two attached hydrogens (primary N) is 1. The Bertz CT molecular complexity index is 894. The Labute approximate surface area is 172 Å². The molecule has 5 rings (SSSR count). The van der Waals surface area contributed by atoms with Crippen LogP contribution in [-0.4, -0.2) is 35.2 Å². The van der Waals surface area contributed by atoms with Crippen LogP contribution in [0.15, 0.2) is 54.6 Å². The van der Waals surface area contributed by atoms with Crippen LogP contribution in [0.3, 0.4) is 0 Å². The van der Waals surface area contributed by atoms with Crippen molar-refractivity contribution in [3.63, 3.8) is 0 Å². The molecule has 1 aliphatic heterocycles. The van der Waals surface area contributed by atoms with Crippen molar-refractivity contribution in [1.29, 1.82) is 0 Å². The van der Waals surface area contributed by atoms with Crippen molar-refractivity contribution < 1.29 is 9.90 Å². The predicted octanol–water partition coefficient (Wildman–Crippen LogP) is 3.51. The number of benzene rings is 2. The van der Waals surface area contributed by atoms with E-state index in [4.69, 9.17) is 5.73 Å². The minimum atomic E-state index is -0.362. The van der Waals surface area contributed by atoms with Crippen molar-refractivity contribution in [2.45, 2.75) is 43.7 Å². The van der Waals surface area contributed by atoms with Gasteiger partial charge in [-0.2, -0.15) is 0 Å². The second-order valence-electron chi connectivity index (χ2n) is 9.26. The van der Waals surface area contributed by atoms with Crippen LogP contribution in [0.5, 0.6) is 0 Å². The summed E-state index contributed by atoms with van der Waals surface area (Å²) in [6.45, 7) is 4.15. The molecule has 152 valence electrons. The lowest BCUT2D eigenvalue weighted by Crippen LogP contribution is -2.46. The van der Waals surface area contributed by atoms with E-state index < -0.39 is 0 Å². The SMILES string of the molecule is CCC1(c2cccc(C(N)=O)c2)C2CN(C(O)C3CC(c4ccccc4)C3)CC21. The molecule has 1 heterocycles. The quantitative estimate of drug-likeness (QED) is 0.793. The van der Waals surface area contributed by atoms with E-state index in [2.05, 4.69) is 48.2 Å². The number of hydrogen-bond acceptors (Lipinski definition) is 3. The molecule has 3 fully saturated rings. The number of likely N-dealkylation sites (tertiary alicyclic amines) is 1. The molecule has 3 aliphatic rings. The van der Waals surface area contributed by atoms with E-state index in [1.54, 1.807) is 6.07 Å². The van der Waals surface area contributed by atoms with Crippen molar-refractivity contribution in [3.8, 4) is 0 Å². The molecule has 1 saturated heterocycles. The van der Waals surface area contributed by atoms with Gasteiger partial charge in [-0.05, 0) is 66.2 Å². The summed E-state index contributed by atoms with van der Waals surface area (Å²) in [5, 5.41) is 11.0. The molecule has 0 spiro atoms. The lowest BCUT2D eigenvalue weighted by molar-refractivity contribution is -0.0669. The second kappa shape index (κ2) is 6.96. The predicted molar refractivity (Wildman–Crippen MR) is 113 cm³/mol. The van der Waals surface area contributed by atoms with E-state index in [1.807, 2.05) is 12.1 Å². The highest BCUT2D eigenvalue weighted by Gasteiger charge is 2.68. The molecule has 29 heavy (non-hydrogen) atoms. The Balaban J connectivity index is 1.23. The third kappa shape index (κ3) is 2.92. The molecule has 4 nitrogen and oxygen atoms in total. The molecule has 2 aliphatic carbocycles. The minimum absolute atomic E-state index is 0.147. The van der Waals surface area contributed by atoms with Crippen molar-refractivity contribution in [2.24, 2.45) is 23.5 Å². The maximum Gasteiger partial charge on any atom is 0.248 e. The monoisotopic (exact) mass is 390 g/mol. The molecule has 0 aromatic heterocycles. The summed E-state index contributed by atoms with van der Waals surface area (Å²) in [4.78, 5) is 13.9. The number of carbonyl (C=O) groups is 1. The first-order chi connectivity index (χ1) is 14.0. The fraction of sp³-hybridized carbons (Fsp3) is 0.480. The first-order valence-electron chi connectivity index (χ1n) is 10.9. The van der Waals surface area contributed by atoms with E-state index in [1.165, 1.54) is 11.1 Å². The number of carbonyl (C=O) groups excluding carboxylic acids is 1. The molecule has 3 N–H and O–H groups in total. The molecule has 0 bridgehead atoms. The average molecular weight is 391 g/mol. The van der Waals surface area contributed by atoms with Crippen LogP contribution in [0.2, 0.25) is 0 Å². The van der Waals surface area contributed by atoms with Gasteiger partial charge in [0.15, 0.2) is 0 Å². The van der Waals surface area contributed by atoms with Crippen molar-refractivity contribution in [2.75, 3.05) is 13.1 Å². The number of piperidine rings is 1. The molecule has 0 radical (unpaired) electrons. The standard InChI is InChI=1S/C25H30N2O2/c1-2-25(20-10-6-9-17(13-20)23(26)28)21-14-27(15-22(21)25)24(29)19-11-18(12-19)16-7-4-3-5-8-16/h3-10,13,18-19,21-22,24,29H,2,11-12,14-15H2,1H3,(H2,26,28). The van der Waals surface area contributed by atoms with Crippen LogP contribution in [0.25, 0.3) is 0 Å². The zero-order valence-electron chi connectivity index (χ0n) is 17.0. The van der Waals surface area contributed by atoms with Crippen LogP contribution in [0.1, 0.15) is 53.6 Å². The molecule has 4 heteroatoms. The number of rotatable bonds is 6. The first kappa shape index (κ1) is 18.8. The second-order valence-corrected chi connectivity index (χ2v) is 9.26. The van der Waals surface area contributed by atoms with Gasteiger partial charge >= 0.3 is 0 Å². The highest BCUT2D eigenvalue weighted by Crippen LogP contribution is 2.66. The van der Waals surface area contributed by atoms with Gasteiger partial charge in [-0.25, -0.2) is 0 Å². The van der Waals surface area contributed by atoms with Gasteiger partial charge < -0.3 is 10.8 Å². The number of aliphatic hydroxyl groups is 1. The Morgan fingerprint density at radius 3 is 2.45 bits per heavy atom. The summed E-state index contributed by atoms with van der Waals surface area (Å²) in [6, 6.07) is 18.5. The van der Waals surface area contributed by atoms with Crippen LogP contribution >= 0.6 is 0 Å². The number of hydrogen-bond donors (Lipinski definition) is 2. The third-order valence-corrected chi connectivity index (χ3v) is 8.07. The van der Waals surface area contributed by atoms with Gasteiger partial charge in [0.25, 0.3) is 0 Å². The molecule has 2 saturated carbocycles. The van der Waals surface area contributed by atoms with Crippen molar-refractivity contribution in [1.82, 2.24) is 4.90 Å². The van der Waals surface area contributed by atoms with Crippen LogP contribution in [-0.2, 0) is 5.41 Å². The number of primary amides is 1. The lowest BCUT2D eigenvalue weighted by Gasteiger charge is -2.42. The molecule has 3 unspecified atom stereocenters. The van der Waals surface area contributed by atoms with E-state index in [0.717, 1.165) is 32.4 Å². The Morgan fingerprint density at radius 1 is 1.14 bits per heavy atom. The van der Waals surface area contributed by atoms with E-state index in [0.29, 0.717) is 29.2 Å². The Kier molecular flexibility index (Phi) is 4.52. The first-order valence-corrected chi connectivity index (χ1v) is 10.9. The summed E-state index contributed by atoms with van der Waals surface area (Å²) >= 11 is 0. The highest BCUT2D eigenvalue weighted by atomic mass is 16.3. The summed E-state index contributed by atoms with van der Waals surface area (Å²) in [5.74, 6) is 1.75. The maximum atomic E-state index is 11.6. The van der Waals surface area contributed by atoms with Crippen molar-refractivity contribution in [3.05, 3.63) is 71.3 Å². The van der Waals surface area contributed by atoms with Crippen molar-refractivity contribution >= 4 is 5.91 Å². The van der Waals surface area contributed by atoms with E-state index in [-0.39, 0.29) is 17.6 Å². The zero-order valence-corrected chi connectivity index (χ0v) is 17.0. The molecule has 1 amide bonds. The summed E-state index contributed by atoms with van der Waals surface area (Å²) < 4.78 is 0. The normalized spacial score (nSPS) is 34.3. The lowest BCUT2D eigenvalue weighted by atomic mass is 9.70. The molecular formula is C25H30N2O2. The number of fused-ring (bicyclic) bond motifs is 1. The molecule has 3 atom stereocenters. The Morgan fingerprint density at radius 2 is 1.83 bits per heavy atom. The van der Waals surface area contributed by atoms with Gasteiger partial charge in [-0.1, -0.05) is 49.4 Å². The van der Waals surface area contributed by atoms with Crippen LogP contribution in [0, 0.1) is 17.8 Å². The smallest absolute Gasteiger partial charge is 0.248 e. The Hall–Kier alpha value is -2.17. The summed E-state index contributed by atoms with van der Waals surface area (Å²) in [6.07, 6.45) is 2.90. The average Bonchev–Trinajstić information content (AvgIpc) is 3.08. The van der Waals surface area contributed by atoms with Gasteiger partial charge in [0.05, 0.1) is 0 Å². The zero-order chi connectivity index (χ0) is 20.2. The fourth-order valence-electron chi connectivity index (χ4n) is 6.30. The van der Waals surface area contributed by atoms with Gasteiger partial charge in [-0.3, -0.25) is 9.69 Å². The van der Waals surface area contributed by atoms with Crippen LogP contribution in [0.4, 0.5) is 0 Å². The van der Waals surface area contributed by atoms with E-state index in [9.17, 15) is 9.90 Å². The summed E-state index contributed by atoms with van der Waals surface area (Å²) in [7, 11) is 0. The highest BCUT2D eigenvalue weighted by molar-refractivity contribution is 5.93. The van der Waals surface area contributed by atoms with Gasteiger partial charge in [0.2, 0.25) is 5.91 Å². The van der Waals surface area contributed by atoms with Crippen LogP contribution < -0.4 is 5.73 Å². The topological polar surface area (TPSA) is 66.6 Å². The fourth-order valence-corrected chi connectivity index (χ4v) is 6.30. The molecular weight excluding hydrogens is 360 g/mol. The number of nitrogens with zero attached hydrogens (tertiary/aromatic N) is 1. The molecule has 2 aromatic rings. The largest absolute Gasteiger partial charge is 0.378 e. The van der Waals surface area contributed by atoms with Gasteiger partial charge in [0, 0.05) is 24.1 Å². The summed E-state index contributed by atoms with van der Waals surface area (Å²) in [5.41, 5.74) is 8.88. The minimum Gasteiger partial charge on any atom is -0.378 e. The maximum absolute atomic E-state index is 11.6. The number of aliphatic hydroxyl groups excluding tert-OH is 1. The number of amides is 1. The third-order valence-electron chi connectivity index (χ3n) is 8.07. The van der Waals surface area contributed by atoms with Gasteiger partial charge in [0.1, 0.15) is 6.23 Å². The van der Waals surface area contributed by atoms with Gasteiger partial charge in [-0.15, -0.1) is 0 Å². The van der Waals surface area contributed by atoms with E-state index >= 15 is 0 Å².